The van der Waals surface area contributed by atoms with E-state index in [0.29, 0.717) is 25.7 Å². The Hall–Kier alpha value is -1.63. The largest absolute Gasteiger partial charge is 0.481 e. The molecular formula is C11H19N3O4. The monoisotopic (exact) mass is 257 g/mol. The molecule has 6 N–H and O–H groups in total. The van der Waals surface area contributed by atoms with Gasteiger partial charge in [-0.25, -0.2) is 0 Å². The molecule has 0 radical (unpaired) electrons. The van der Waals surface area contributed by atoms with Crippen LogP contribution in [0, 0.1) is 5.92 Å². The van der Waals surface area contributed by atoms with E-state index in [-0.39, 0.29) is 24.3 Å². The molecule has 0 bridgehead atoms. The first-order valence-electron chi connectivity index (χ1n) is 5.97. The van der Waals surface area contributed by atoms with Crippen molar-refractivity contribution in [2.45, 2.75) is 44.2 Å². The van der Waals surface area contributed by atoms with Crippen molar-refractivity contribution in [1.82, 2.24) is 5.32 Å². The van der Waals surface area contributed by atoms with E-state index in [2.05, 4.69) is 5.32 Å². The Labute approximate surface area is 105 Å². The second-order valence-electron chi connectivity index (χ2n) is 4.66. The Morgan fingerprint density at radius 1 is 1.22 bits per heavy atom. The summed E-state index contributed by atoms with van der Waals surface area (Å²) in [5.74, 6) is -1.98. The van der Waals surface area contributed by atoms with Gasteiger partial charge in [0, 0.05) is 12.0 Å². The minimum absolute atomic E-state index is 0.0482. The van der Waals surface area contributed by atoms with Crippen molar-refractivity contribution in [2.24, 2.45) is 17.4 Å². The van der Waals surface area contributed by atoms with Crippen LogP contribution in [0.5, 0.6) is 0 Å². The van der Waals surface area contributed by atoms with Gasteiger partial charge in [-0.3, -0.25) is 14.4 Å². The Kier molecular flexibility index (Phi) is 5.08. The summed E-state index contributed by atoms with van der Waals surface area (Å²) in [4.78, 5) is 32.9. The van der Waals surface area contributed by atoms with E-state index in [9.17, 15) is 14.4 Å². The SMILES string of the molecule is NC(=O)C1CCC(NC(=O)C(N)CC(=O)O)CC1. The number of rotatable bonds is 5. The zero-order valence-corrected chi connectivity index (χ0v) is 10.1. The highest BCUT2D eigenvalue weighted by Crippen LogP contribution is 2.23. The molecule has 0 aromatic carbocycles. The van der Waals surface area contributed by atoms with Gasteiger partial charge in [0.25, 0.3) is 0 Å². The van der Waals surface area contributed by atoms with Crippen LogP contribution in [0.15, 0.2) is 0 Å². The van der Waals surface area contributed by atoms with E-state index in [0.717, 1.165) is 0 Å². The van der Waals surface area contributed by atoms with Gasteiger partial charge in [0.2, 0.25) is 11.8 Å². The number of nitrogens with two attached hydrogens (primary N) is 2. The highest BCUT2D eigenvalue weighted by atomic mass is 16.4. The Morgan fingerprint density at radius 3 is 2.22 bits per heavy atom. The van der Waals surface area contributed by atoms with Crippen LogP contribution in [0.1, 0.15) is 32.1 Å². The van der Waals surface area contributed by atoms with Gasteiger partial charge in [-0.2, -0.15) is 0 Å². The van der Waals surface area contributed by atoms with Crippen LogP contribution in [0.4, 0.5) is 0 Å². The van der Waals surface area contributed by atoms with E-state index < -0.39 is 17.9 Å². The molecule has 7 heteroatoms. The molecule has 1 saturated carbocycles. The van der Waals surface area contributed by atoms with Crippen molar-refractivity contribution < 1.29 is 19.5 Å². The van der Waals surface area contributed by atoms with E-state index in [4.69, 9.17) is 16.6 Å². The summed E-state index contributed by atoms with van der Waals surface area (Å²) in [6.07, 6.45) is 2.24. The topological polar surface area (TPSA) is 136 Å². The van der Waals surface area contributed by atoms with Gasteiger partial charge in [-0.15, -0.1) is 0 Å². The first-order chi connectivity index (χ1) is 8.40. The molecule has 1 fully saturated rings. The summed E-state index contributed by atoms with van der Waals surface area (Å²) in [5.41, 5.74) is 10.6. The van der Waals surface area contributed by atoms with E-state index in [1.54, 1.807) is 0 Å². The van der Waals surface area contributed by atoms with Crippen molar-refractivity contribution in [3.8, 4) is 0 Å². The third-order valence-electron chi connectivity index (χ3n) is 3.21. The van der Waals surface area contributed by atoms with E-state index >= 15 is 0 Å². The van der Waals surface area contributed by atoms with Crippen LogP contribution < -0.4 is 16.8 Å². The maximum Gasteiger partial charge on any atom is 0.305 e. The molecule has 0 aromatic rings. The third-order valence-corrected chi connectivity index (χ3v) is 3.21. The van der Waals surface area contributed by atoms with Gasteiger partial charge in [0.05, 0.1) is 12.5 Å². The van der Waals surface area contributed by atoms with Crippen LogP contribution in [0.2, 0.25) is 0 Å². The Balaban J connectivity index is 2.34. The smallest absolute Gasteiger partial charge is 0.305 e. The fourth-order valence-electron chi connectivity index (χ4n) is 2.11. The molecule has 0 aliphatic heterocycles. The Morgan fingerprint density at radius 2 is 1.78 bits per heavy atom. The molecule has 1 rings (SSSR count). The number of carboxylic acid groups (broad SMARTS) is 1. The van der Waals surface area contributed by atoms with Gasteiger partial charge in [0.15, 0.2) is 0 Å². The zero-order valence-electron chi connectivity index (χ0n) is 10.1. The number of carbonyl (C=O) groups excluding carboxylic acids is 2. The lowest BCUT2D eigenvalue weighted by Gasteiger charge is -2.28. The molecule has 1 unspecified atom stereocenters. The minimum atomic E-state index is -1.10. The van der Waals surface area contributed by atoms with Crippen LogP contribution in [-0.2, 0) is 14.4 Å². The fourth-order valence-corrected chi connectivity index (χ4v) is 2.11. The fraction of sp³-hybridized carbons (Fsp3) is 0.727. The highest BCUT2D eigenvalue weighted by Gasteiger charge is 2.27. The minimum Gasteiger partial charge on any atom is -0.481 e. The number of hydrogen-bond acceptors (Lipinski definition) is 4. The average Bonchev–Trinajstić information content (AvgIpc) is 2.28. The first-order valence-corrected chi connectivity index (χ1v) is 5.97. The maximum absolute atomic E-state index is 11.6. The molecule has 1 aliphatic carbocycles. The quantitative estimate of drug-likeness (QED) is 0.498. The molecule has 18 heavy (non-hydrogen) atoms. The molecule has 1 aliphatic rings. The van der Waals surface area contributed by atoms with Crippen LogP contribution in [0.25, 0.3) is 0 Å². The van der Waals surface area contributed by atoms with Crippen molar-refractivity contribution in [3.05, 3.63) is 0 Å². The summed E-state index contributed by atoms with van der Waals surface area (Å²) in [5, 5.41) is 11.2. The molecule has 0 saturated heterocycles. The number of amides is 2. The number of nitrogens with one attached hydrogen (secondary N) is 1. The van der Waals surface area contributed by atoms with Crippen LogP contribution >= 0.6 is 0 Å². The zero-order chi connectivity index (χ0) is 13.7. The van der Waals surface area contributed by atoms with Crippen molar-refractivity contribution in [2.75, 3.05) is 0 Å². The second kappa shape index (κ2) is 6.34. The number of primary amides is 1. The van der Waals surface area contributed by atoms with E-state index in [1.807, 2.05) is 0 Å². The predicted molar refractivity (Wildman–Crippen MR) is 63.3 cm³/mol. The molecule has 0 aromatic heterocycles. The van der Waals surface area contributed by atoms with Crippen LogP contribution in [0.3, 0.4) is 0 Å². The normalized spacial score (nSPS) is 25.2. The summed E-state index contributed by atoms with van der Waals surface area (Å²) < 4.78 is 0. The van der Waals surface area contributed by atoms with Crippen LogP contribution in [-0.4, -0.2) is 35.0 Å². The first kappa shape index (κ1) is 14.4. The molecule has 2 amide bonds. The summed E-state index contributed by atoms with van der Waals surface area (Å²) in [6.45, 7) is 0. The molecule has 0 heterocycles. The highest BCUT2D eigenvalue weighted by molar-refractivity contribution is 5.86. The van der Waals surface area contributed by atoms with Gasteiger partial charge in [-0.05, 0) is 25.7 Å². The summed E-state index contributed by atoms with van der Waals surface area (Å²) in [6, 6.07) is -1.08. The molecule has 1 atom stereocenters. The lowest BCUT2D eigenvalue weighted by molar-refractivity contribution is -0.139. The molecular weight excluding hydrogens is 238 g/mol. The number of carbonyl (C=O) groups is 3. The third kappa shape index (κ3) is 4.33. The lowest BCUT2D eigenvalue weighted by Crippen LogP contribution is -2.47. The molecule has 102 valence electrons. The van der Waals surface area contributed by atoms with Crippen molar-refractivity contribution in [3.63, 3.8) is 0 Å². The second-order valence-corrected chi connectivity index (χ2v) is 4.66. The summed E-state index contributed by atoms with van der Waals surface area (Å²) >= 11 is 0. The lowest BCUT2D eigenvalue weighted by atomic mass is 9.85. The predicted octanol–water partition coefficient (Wildman–Crippen LogP) is -1.05. The van der Waals surface area contributed by atoms with Crippen molar-refractivity contribution in [1.29, 1.82) is 0 Å². The molecule has 7 nitrogen and oxygen atoms in total. The Bertz CT molecular complexity index is 337. The number of hydrogen-bond donors (Lipinski definition) is 4. The number of carboxylic acids is 1. The van der Waals surface area contributed by atoms with Gasteiger partial charge in [-0.1, -0.05) is 0 Å². The molecule has 0 spiro atoms. The maximum atomic E-state index is 11.6. The standard InChI is InChI=1S/C11H19N3O4/c12-8(5-9(15)16)11(18)14-7-3-1-6(2-4-7)10(13)17/h6-8H,1-5,12H2,(H2,13,17)(H,14,18)(H,15,16). The van der Waals surface area contributed by atoms with Gasteiger partial charge >= 0.3 is 5.97 Å². The number of aliphatic carboxylic acids is 1. The van der Waals surface area contributed by atoms with Gasteiger partial charge < -0.3 is 21.9 Å². The van der Waals surface area contributed by atoms with Gasteiger partial charge in [0.1, 0.15) is 0 Å². The van der Waals surface area contributed by atoms with Crippen molar-refractivity contribution >= 4 is 17.8 Å². The van der Waals surface area contributed by atoms with E-state index in [1.165, 1.54) is 0 Å². The summed E-state index contributed by atoms with van der Waals surface area (Å²) in [7, 11) is 0. The average molecular weight is 257 g/mol.